The van der Waals surface area contributed by atoms with Gasteiger partial charge in [-0.15, -0.1) is 0 Å². The molecule has 0 heterocycles. The monoisotopic (exact) mass is 322 g/mol. The Hall–Kier alpha value is -0.270. The molecule has 4 nitrogen and oxygen atoms in total. The molecule has 0 fully saturated rings. The molecule has 19 heavy (non-hydrogen) atoms. The summed E-state index contributed by atoms with van der Waals surface area (Å²) in [5.74, 6) is 1.03. The van der Waals surface area contributed by atoms with Crippen LogP contribution in [0.5, 0.6) is 0 Å². The number of nitrogens with two attached hydrogens (primary N) is 1. The summed E-state index contributed by atoms with van der Waals surface area (Å²) in [6.45, 7) is 0.708. The smallest absolute Gasteiger partial charge is 0.242 e. The number of benzene rings is 1. The molecule has 0 amide bonds. The molecular formula is C12H19ClN2O2S2. The van der Waals surface area contributed by atoms with Crippen LogP contribution in [0, 0.1) is 0 Å². The Balaban J connectivity index is 2.71. The number of hydrogen-bond acceptors (Lipinski definition) is 4. The molecule has 0 saturated carbocycles. The number of halogens is 1. The summed E-state index contributed by atoms with van der Waals surface area (Å²) in [5, 5.41) is 0.216. The van der Waals surface area contributed by atoms with Crippen molar-refractivity contribution in [3.8, 4) is 0 Å². The summed E-state index contributed by atoms with van der Waals surface area (Å²) < 4.78 is 26.8. The van der Waals surface area contributed by atoms with Crippen molar-refractivity contribution in [1.29, 1.82) is 0 Å². The summed E-state index contributed by atoms with van der Waals surface area (Å²) in [6.07, 6.45) is 3.83. The Labute approximate surface area is 124 Å². The highest BCUT2D eigenvalue weighted by molar-refractivity contribution is 7.98. The van der Waals surface area contributed by atoms with Gasteiger partial charge in [0.25, 0.3) is 0 Å². The van der Waals surface area contributed by atoms with Gasteiger partial charge in [0.1, 0.15) is 4.90 Å². The van der Waals surface area contributed by atoms with Crippen molar-refractivity contribution in [2.24, 2.45) is 5.73 Å². The van der Waals surface area contributed by atoms with Crippen LogP contribution in [0.25, 0.3) is 0 Å². The Kier molecular flexibility index (Phi) is 7.17. The summed E-state index contributed by atoms with van der Waals surface area (Å²) in [5.41, 5.74) is 6.25. The van der Waals surface area contributed by atoms with Gasteiger partial charge >= 0.3 is 0 Å². The zero-order valence-electron chi connectivity index (χ0n) is 10.9. The fourth-order valence-corrected chi connectivity index (χ4v) is 3.65. The molecule has 0 spiro atoms. The maximum Gasteiger partial charge on any atom is 0.242 e. The molecular weight excluding hydrogens is 304 g/mol. The maximum absolute atomic E-state index is 12.1. The van der Waals surface area contributed by atoms with E-state index in [0.29, 0.717) is 6.54 Å². The van der Waals surface area contributed by atoms with Crippen molar-refractivity contribution in [3.05, 3.63) is 28.8 Å². The van der Waals surface area contributed by atoms with Gasteiger partial charge < -0.3 is 5.73 Å². The zero-order chi connectivity index (χ0) is 14.3. The third-order valence-corrected chi connectivity index (χ3v) is 5.23. The number of unbranched alkanes of at least 4 members (excludes halogenated alkanes) is 1. The van der Waals surface area contributed by atoms with E-state index in [9.17, 15) is 8.42 Å². The Bertz CT molecular complexity index is 506. The summed E-state index contributed by atoms with van der Waals surface area (Å²) >= 11 is 7.69. The molecule has 1 rings (SSSR count). The largest absolute Gasteiger partial charge is 0.326 e. The number of nitrogens with one attached hydrogen (secondary N) is 1. The van der Waals surface area contributed by atoms with Gasteiger partial charge in [-0.25, -0.2) is 13.1 Å². The minimum absolute atomic E-state index is 0.0991. The standard InChI is InChI=1S/C12H19ClN2O2S2/c1-18-7-3-2-6-15-19(16,17)12-8-10(9-14)4-5-11(12)13/h4-5,8,15H,2-3,6-7,9,14H2,1H3. The van der Waals surface area contributed by atoms with E-state index in [0.717, 1.165) is 24.2 Å². The predicted octanol–water partition coefficient (Wildman–Crippen LogP) is 2.22. The van der Waals surface area contributed by atoms with Gasteiger partial charge in [-0.05, 0) is 42.5 Å². The first-order valence-electron chi connectivity index (χ1n) is 5.98. The third kappa shape index (κ3) is 5.31. The molecule has 0 aliphatic heterocycles. The number of rotatable bonds is 8. The van der Waals surface area contributed by atoms with Crippen molar-refractivity contribution in [3.63, 3.8) is 0 Å². The maximum atomic E-state index is 12.1. The van der Waals surface area contributed by atoms with Gasteiger partial charge in [-0.2, -0.15) is 11.8 Å². The van der Waals surface area contributed by atoms with Crippen molar-refractivity contribution in [2.45, 2.75) is 24.3 Å². The van der Waals surface area contributed by atoms with E-state index in [-0.39, 0.29) is 16.5 Å². The third-order valence-electron chi connectivity index (χ3n) is 2.59. The fraction of sp³-hybridized carbons (Fsp3) is 0.500. The second-order valence-electron chi connectivity index (χ2n) is 4.07. The summed E-state index contributed by atoms with van der Waals surface area (Å²) in [6, 6.07) is 4.80. The molecule has 0 bridgehead atoms. The quantitative estimate of drug-likeness (QED) is 0.720. The summed E-state index contributed by atoms with van der Waals surface area (Å²) in [4.78, 5) is 0.0991. The molecule has 0 aliphatic rings. The average molecular weight is 323 g/mol. The minimum Gasteiger partial charge on any atom is -0.326 e. The lowest BCUT2D eigenvalue weighted by atomic mass is 10.2. The number of thioether (sulfide) groups is 1. The second-order valence-corrected chi connectivity index (χ2v) is 7.19. The molecule has 0 unspecified atom stereocenters. The van der Waals surface area contributed by atoms with Crippen LogP contribution in [0.15, 0.2) is 23.1 Å². The highest BCUT2D eigenvalue weighted by Gasteiger charge is 2.17. The van der Waals surface area contributed by atoms with Crippen LogP contribution in [0.3, 0.4) is 0 Å². The molecule has 1 aromatic carbocycles. The van der Waals surface area contributed by atoms with Crippen LogP contribution in [0.2, 0.25) is 5.02 Å². The highest BCUT2D eigenvalue weighted by Crippen LogP contribution is 2.22. The van der Waals surface area contributed by atoms with E-state index < -0.39 is 10.0 Å². The molecule has 0 saturated heterocycles. The fourth-order valence-electron chi connectivity index (χ4n) is 1.54. The lowest BCUT2D eigenvalue weighted by Gasteiger charge is -2.09. The van der Waals surface area contributed by atoms with Gasteiger partial charge in [-0.1, -0.05) is 17.7 Å². The van der Waals surface area contributed by atoms with E-state index in [2.05, 4.69) is 4.72 Å². The first-order valence-corrected chi connectivity index (χ1v) is 9.24. The van der Waals surface area contributed by atoms with E-state index >= 15 is 0 Å². The van der Waals surface area contributed by atoms with E-state index in [1.807, 2.05) is 6.26 Å². The first kappa shape index (κ1) is 16.8. The summed E-state index contributed by atoms with van der Waals surface area (Å²) in [7, 11) is -3.56. The Morgan fingerprint density at radius 1 is 1.37 bits per heavy atom. The van der Waals surface area contributed by atoms with Crippen LogP contribution >= 0.6 is 23.4 Å². The molecule has 3 N–H and O–H groups in total. The lowest BCUT2D eigenvalue weighted by Crippen LogP contribution is -2.25. The van der Waals surface area contributed by atoms with Gasteiger partial charge in [-0.3, -0.25) is 0 Å². The van der Waals surface area contributed by atoms with Gasteiger partial charge in [0.2, 0.25) is 10.0 Å². The molecule has 0 atom stereocenters. The topological polar surface area (TPSA) is 72.2 Å². The number of sulfonamides is 1. The lowest BCUT2D eigenvalue weighted by molar-refractivity contribution is 0.578. The highest BCUT2D eigenvalue weighted by atomic mass is 35.5. The molecule has 0 aromatic heterocycles. The predicted molar refractivity (Wildman–Crippen MR) is 82.1 cm³/mol. The van der Waals surface area contributed by atoms with Crippen LogP contribution in [0.4, 0.5) is 0 Å². The molecule has 1 aromatic rings. The van der Waals surface area contributed by atoms with E-state index in [1.54, 1.807) is 23.9 Å². The van der Waals surface area contributed by atoms with Gasteiger partial charge in [0.15, 0.2) is 0 Å². The van der Waals surface area contributed by atoms with Crippen LogP contribution in [-0.2, 0) is 16.6 Å². The average Bonchev–Trinajstić information content (AvgIpc) is 2.39. The van der Waals surface area contributed by atoms with Crippen LogP contribution in [0.1, 0.15) is 18.4 Å². The van der Waals surface area contributed by atoms with Crippen molar-refractivity contribution in [1.82, 2.24) is 4.72 Å². The molecule has 0 radical (unpaired) electrons. The van der Waals surface area contributed by atoms with Gasteiger partial charge in [0.05, 0.1) is 5.02 Å². The van der Waals surface area contributed by atoms with Gasteiger partial charge in [0, 0.05) is 13.1 Å². The Morgan fingerprint density at radius 2 is 2.11 bits per heavy atom. The first-order chi connectivity index (χ1) is 9.01. The molecule has 108 valence electrons. The van der Waals surface area contributed by atoms with E-state index in [1.165, 1.54) is 6.07 Å². The number of hydrogen-bond donors (Lipinski definition) is 2. The molecule has 7 heteroatoms. The van der Waals surface area contributed by atoms with Crippen molar-refractivity contribution in [2.75, 3.05) is 18.6 Å². The van der Waals surface area contributed by atoms with Crippen molar-refractivity contribution < 1.29 is 8.42 Å². The SMILES string of the molecule is CSCCCCNS(=O)(=O)c1cc(CN)ccc1Cl. The van der Waals surface area contributed by atoms with Crippen LogP contribution < -0.4 is 10.5 Å². The van der Waals surface area contributed by atoms with Crippen molar-refractivity contribution >= 4 is 33.4 Å². The van der Waals surface area contributed by atoms with E-state index in [4.69, 9.17) is 17.3 Å². The molecule has 0 aliphatic carbocycles. The second kappa shape index (κ2) is 8.11. The van der Waals surface area contributed by atoms with Crippen LogP contribution in [-0.4, -0.2) is 27.0 Å². The Morgan fingerprint density at radius 3 is 2.74 bits per heavy atom. The normalized spacial score (nSPS) is 11.7. The zero-order valence-corrected chi connectivity index (χ0v) is 13.2. The minimum atomic E-state index is -3.56.